The minimum Gasteiger partial charge on any atom is -0.384 e. The molecule has 0 heterocycles. The topological polar surface area (TPSA) is 39.3 Å². The third kappa shape index (κ3) is 8.18. The van der Waals surface area contributed by atoms with Gasteiger partial charge >= 0.3 is 0 Å². The van der Waals surface area contributed by atoms with Gasteiger partial charge in [-0.3, -0.25) is 5.43 Å². The van der Waals surface area contributed by atoms with Crippen molar-refractivity contribution in [1.29, 1.82) is 0 Å². The molecule has 4 heteroatoms. The Morgan fingerprint density at radius 3 is 1.59 bits per heavy atom. The Labute approximate surface area is 203 Å². The first-order valence-corrected chi connectivity index (χ1v) is 11.3. The van der Waals surface area contributed by atoms with Gasteiger partial charge in [0.15, 0.2) is 0 Å². The first-order chi connectivity index (χ1) is 16.7. The zero-order valence-electron chi connectivity index (χ0n) is 19.4. The molecule has 170 valence electrons. The van der Waals surface area contributed by atoms with E-state index in [9.17, 15) is 0 Å². The van der Waals surface area contributed by atoms with Crippen molar-refractivity contribution >= 4 is 5.69 Å². The zero-order chi connectivity index (χ0) is 24.0. The summed E-state index contributed by atoms with van der Waals surface area (Å²) in [6.07, 6.45) is 16.3. The van der Waals surface area contributed by atoms with Crippen LogP contribution in [0.4, 0.5) is 5.69 Å². The van der Waals surface area contributed by atoms with Gasteiger partial charge in [-0.2, -0.15) is 0 Å². The molecule has 0 radical (unpaired) electrons. The fourth-order valence-electron chi connectivity index (χ4n) is 3.38. The molecular weight excluding hydrogens is 416 g/mol. The normalized spacial score (nSPS) is 10.3. The molecule has 0 fully saturated rings. The van der Waals surface area contributed by atoms with Crippen molar-refractivity contribution in [2.75, 3.05) is 31.5 Å². The summed E-state index contributed by atoms with van der Waals surface area (Å²) >= 11 is 0. The summed E-state index contributed by atoms with van der Waals surface area (Å²) in [7, 11) is 0. The molecule has 4 nitrogen and oxygen atoms in total. The lowest BCUT2D eigenvalue weighted by Crippen LogP contribution is -2.44. The summed E-state index contributed by atoms with van der Waals surface area (Å²) in [5.74, 6) is 7.95. The van der Waals surface area contributed by atoms with E-state index >= 15 is 0 Å². The van der Waals surface area contributed by atoms with Crippen LogP contribution in [0.3, 0.4) is 0 Å². The molecule has 0 unspecified atom stereocenters. The van der Waals surface area contributed by atoms with Gasteiger partial charge in [-0.15, -0.1) is 19.3 Å². The molecule has 0 amide bonds. The van der Waals surface area contributed by atoms with Crippen LogP contribution in [0.25, 0.3) is 0 Å². The Bertz CT molecular complexity index is 1140. The molecule has 0 saturated heterocycles. The summed E-state index contributed by atoms with van der Waals surface area (Å²) in [6.45, 7) is 4.85. The maximum absolute atomic E-state index is 5.46. The molecule has 3 N–H and O–H groups in total. The smallest absolute Gasteiger partial charge is 0.0353 e. The second-order valence-corrected chi connectivity index (χ2v) is 7.83. The lowest BCUT2D eigenvalue weighted by atomic mass is 10.1. The van der Waals surface area contributed by atoms with Crippen LogP contribution in [0.1, 0.15) is 27.8 Å². The molecular formula is C30H30N4. The second kappa shape index (κ2) is 13.5. The average Bonchev–Trinajstić information content (AvgIpc) is 2.90. The van der Waals surface area contributed by atoms with Gasteiger partial charge in [-0.05, 0) is 59.7 Å². The Kier molecular flexibility index (Phi) is 9.82. The summed E-state index contributed by atoms with van der Waals surface area (Å²) in [4.78, 5) is 0. The lowest BCUT2D eigenvalue weighted by molar-refractivity contribution is 0.191. The van der Waals surface area contributed by atoms with Crippen molar-refractivity contribution in [1.82, 2.24) is 15.8 Å². The Balaban J connectivity index is 1.49. The van der Waals surface area contributed by atoms with E-state index in [1.807, 2.05) is 48.5 Å². The molecule has 3 rings (SSSR count). The number of nitrogens with zero attached hydrogens (tertiary/aromatic N) is 1. The predicted molar refractivity (Wildman–Crippen MR) is 142 cm³/mol. The van der Waals surface area contributed by atoms with E-state index in [4.69, 9.17) is 19.3 Å². The lowest BCUT2D eigenvalue weighted by Gasteiger charge is -2.24. The quantitative estimate of drug-likeness (QED) is 0.225. The van der Waals surface area contributed by atoms with Crippen LogP contribution in [0.2, 0.25) is 0 Å². The maximum atomic E-state index is 5.46. The molecule has 0 atom stereocenters. The summed E-state index contributed by atoms with van der Waals surface area (Å²) in [6, 6.07) is 24.0. The minimum absolute atomic E-state index is 0.731. The standard InChI is InChI=1S/C30H30N4/c1-4-25-7-11-28(12-8-25)23-31-19-21-34(33-24-29-13-9-26(5-2)10-14-29)22-20-32-30-17-15-27(6-3)16-18-30/h1-3,7-18,31-33H,19-24H2. The Morgan fingerprint density at radius 2 is 1.06 bits per heavy atom. The number of nitrogens with one attached hydrogen (secondary N) is 3. The van der Waals surface area contributed by atoms with Gasteiger partial charge in [-0.25, -0.2) is 5.01 Å². The predicted octanol–water partition coefficient (Wildman–Crippen LogP) is 3.84. The third-order valence-corrected chi connectivity index (χ3v) is 5.40. The van der Waals surface area contributed by atoms with E-state index < -0.39 is 0 Å². The van der Waals surface area contributed by atoms with Gasteiger partial charge in [0, 0.05) is 61.6 Å². The molecule has 0 aliphatic heterocycles. The van der Waals surface area contributed by atoms with Gasteiger partial charge < -0.3 is 10.6 Å². The van der Waals surface area contributed by atoms with Crippen molar-refractivity contribution in [3.05, 3.63) is 101 Å². The molecule has 0 aromatic heterocycles. The SMILES string of the molecule is C#Cc1ccc(CNCCN(CCNc2ccc(C#C)cc2)NCc2ccc(C#C)cc2)cc1. The first-order valence-electron chi connectivity index (χ1n) is 11.3. The number of benzene rings is 3. The summed E-state index contributed by atoms with van der Waals surface area (Å²) in [5.41, 5.74) is 9.66. The van der Waals surface area contributed by atoms with E-state index in [1.165, 1.54) is 11.1 Å². The average molecular weight is 447 g/mol. The van der Waals surface area contributed by atoms with Crippen molar-refractivity contribution in [2.24, 2.45) is 0 Å². The number of rotatable bonds is 12. The fraction of sp³-hybridized carbons (Fsp3) is 0.200. The maximum Gasteiger partial charge on any atom is 0.0353 e. The second-order valence-electron chi connectivity index (χ2n) is 7.83. The molecule has 3 aromatic carbocycles. The molecule has 0 saturated carbocycles. The first kappa shape index (κ1) is 24.7. The number of hydrazine groups is 1. The summed E-state index contributed by atoms with van der Waals surface area (Å²) in [5, 5.41) is 9.20. The fourth-order valence-corrected chi connectivity index (χ4v) is 3.38. The van der Waals surface area contributed by atoms with Crippen molar-refractivity contribution in [3.63, 3.8) is 0 Å². The Morgan fingerprint density at radius 1 is 0.588 bits per heavy atom. The van der Waals surface area contributed by atoms with Crippen molar-refractivity contribution < 1.29 is 0 Å². The van der Waals surface area contributed by atoms with E-state index in [0.717, 1.165) is 61.6 Å². The minimum atomic E-state index is 0.731. The van der Waals surface area contributed by atoms with Gasteiger partial charge in [0.05, 0.1) is 0 Å². The van der Waals surface area contributed by atoms with E-state index in [0.29, 0.717) is 0 Å². The number of hydrogen-bond acceptors (Lipinski definition) is 4. The van der Waals surface area contributed by atoms with E-state index in [1.54, 1.807) is 0 Å². The highest BCUT2D eigenvalue weighted by Gasteiger charge is 2.05. The zero-order valence-corrected chi connectivity index (χ0v) is 19.4. The van der Waals surface area contributed by atoms with Crippen LogP contribution < -0.4 is 16.1 Å². The molecule has 0 bridgehead atoms. The summed E-state index contributed by atoms with van der Waals surface area (Å²) < 4.78 is 0. The highest BCUT2D eigenvalue weighted by atomic mass is 15.5. The van der Waals surface area contributed by atoms with E-state index in [-0.39, 0.29) is 0 Å². The van der Waals surface area contributed by atoms with Crippen LogP contribution in [-0.4, -0.2) is 31.2 Å². The third-order valence-electron chi connectivity index (χ3n) is 5.40. The highest BCUT2D eigenvalue weighted by Crippen LogP contribution is 2.08. The van der Waals surface area contributed by atoms with Crippen LogP contribution in [-0.2, 0) is 13.1 Å². The largest absolute Gasteiger partial charge is 0.384 e. The molecule has 0 aliphatic carbocycles. The van der Waals surface area contributed by atoms with Gasteiger partial charge in [0.2, 0.25) is 0 Å². The van der Waals surface area contributed by atoms with Crippen molar-refractivity contribution in [2.45, 2.75) is 13.1 Å². The van der Waals surface area contributed by atoms with Gasteiger partial charge in [0.1, 0.15) is 0 Å². The van der Waals surface area contributed by atoms with Gasteiger partial charge in [-0.1, -0.05) is 42.0 Å². The highest BCUT2D eigenvalue weighted by molar-refractivity contribution is 5.47. The monoisotopic (exact) mass is 446 g/mol. The van der Waals surface area contributed by atoms with E-state index in [2.05, 4.69) is 63.1 Å². The van der Waals surface area contributed by atoms with Crippen molar-refractivity contribution in [3.8, 4) is 37.0 Å². The van der Waals surface area contributed by atoms with Crippen LogP contribution in [0, 0.1) is 37.0 Å². The number of anilines is 1. The van der Waals surface area contributed by atoms with Crippen LogP contribution >= 0.6 is 0 Å². The molecule has 0 aliphatic rings. The molecule has 3 aromatic rings. The number of terminal acetylenes is 3. The van der Waals surface area contributed by atoms with Gasteiger partial charge in [0.25, 0.3) is 0 Å². The number of hydrogen-bond donors (Lipinski definition) is 3. The van der Waals surface area contributed by atoms with Crippen LogP contribution in [0.15, 0.2) is 72.8 Å². The molecule has 0 spiro atoms. The Hall–Kier alpha value is -3.98. The molecule has 34 heavy (non-hydrogen) atoms. The van der Waals surface area contributed by atoms with Crippen LogP contribution in [0.5, 0.6) is 0 Å².